The number of carbonyl (C=O) groups is 4. The number of carboxylic acids is 1. The van der Waals surface area contributed by atoms with Gasteiger partial charge in [-0.1, -0.05) is 20.3 Å². The second-order valence-corrected chi connectivity index (χ2v) is 7.44. The molecular weight excluding hydrogens is 398 g/mol. The third kappa shape index (κ3) is 9.95. The number of amides is 3. The molecule has 0 aromatic carbocycles. The highest BCUT2D eigenvalue weighted by Gasteiger charge is 2.31. The Kier molecular flexibility index (Phi) is 13.3. The van der Waals surface area contributed by atoms with E-state index < -0.39 is 47.9 Å². The lowest BCUT2D eigenvalue weighted by atomic mass is 9.97. The van der Waals surface area contributed by atoms with Gasteiger partial charge in [-0.2, -0.15) is 12.6 Å². The molecule has 0 aliphatic carbocycles. The maximum absolute atomic E-state index is 12.9. The van der Waals surface area contributed by atoms with Gasteiger partial charge in [0.05, 0.1) is 6.04 Å². The van der Waals surface area contributed by atoms with Crippen molar-refractivity contribution in [2.24, 2.45) is 17.4 Å². The van der Waals surface area contributed by atoms with Crippen molar-refractivity contribution in [3.05, 3.63) is 0 Å². The van der Waals surface area contributed by atoms with Gasteiger partial charge in [-0.3, -0.25) is 19.2 Å². The van der Waals surface area contributed by atoms with Crippen LogP contribution < -0.4 is 27.4 Å². The van der Waals surface area contributed by atoms with E-state index in [1.807, 2.05) is 6.92 Å². The standard InChI is InChI=1S/C18H35N5O5S/c1-4-10(2)14(23-15(24)12(20)9-29)17(26)22-13(7-5-6-8-19)16(25)21-11(3)18(27)28/h10-14,29H,4-9,19-20H2,1-3H3,(H,21,25)(H,22,26)(H,23,24)(H,27,28). The van der Waals surface area contributed by atoms with Crippen molar-refractivity contribution in [1.82, 2.24) is 16.0 Å². The van der Waals surface area contributed by atoms with Crippen molar-refractivity contribution < 1.29 is 24.3 Å². The maximum atomic E-state index is 12.9. The fourth-order valence-electron chi connectivity index (χ4n) is 2.44. The van der Waals surface area contributed by atoms with Crippen molar-refractivity contribution in [2.45, 2.75) is 70.6 Å². The van der Waals surface area contributed by atoms with Gasteiger partial charge in [0.1, 0.15) is 18.1 Å². The second kappa shape index (κ2) is 14.2. The number of aliphatic carboxylic acids is 1. The van der Waals surface area contributed by atoms with Crippen LogP contribution in [0.3, 0.4) is 0 Å². The first-order chi connectivity index (χ1) is 13.6. The monoisotopic (exact) mass is 433 g/mol. The lowest BCUT2D eigenvalue weighted by Crippen LogP contribution is -2.58. The summed E-state index contributed by atoms with van der Waals surface area (Å²) in [5.74, 6) is -2.92. The minimum Gasteiger partial charge on any atom is -0.480 e. The highest BCUT2D eigenvalue weighted by Crippen LogP contribution is 2.10. The Morgan fingerprint density at radius 2 is 1.62 bits per heavy atom. The van der Waals surface area contributed by atoms with Crippen LogP contribution in [0.2, 0.25) is 0 Å². The zero-order valence-electron chi connectivity index (χ0n) is 17.3. The molecule has 29 heavy (non-hydrogen) atoms. The Hall–Kier alpha value is -1.85. The molecule has 0 rings (SSSR count). The first kappa shape index (κ1) is 27.1. The molecule has 0 aliphatic heterocycles. The average Bonchev–Trinajstić information content (AvgIpc) is 2.69. The number of rotatable bonds is 14. The average molecular weight is 434 g/mol. The van der Waals surface area contributed by atoms with Crippen molar-refractivity contribution in [1.29, 1.82) is 0 Å². The Labute approximate surface area is 177 Å². The predicted octanol–water partition coefficient (Wildman–Crippen LogP) is -1.02. The van der Waals surface area contributed by atoms with E-state index in [1.54, 1.807) is 6.92 Å². The van der Waals surface area contributed by atoms with E-state index in [0.29, 0.717) is 32.2 Å². The van der Waals surface area contributed by atoms with Gasteiger partial charge < -0.3 is 32.5 Å². The Bertz CT molecular complexity index is 563. The first-order valence-corrected chi connectivity index (χ1v) is 10.4. The molecule has 0 aromatic heterocycles. The first-order valence-electron chi connectivity index (χ1n) is 9.79. The van der Waals surface area contributed by atoms with Crippen molar-refractivity contribution in [3.63, 3.8) is 0 Å². The summed E-state index contributed by atoms with van der Waals surface area (Å²) in [6.45, 7) is 5.43. The van der Waals surface area contributed by atoms with E-state index in [2.05, 4.69) is 28.6 Å². The quantitative estimate of drug-likeness (QED) is 0.135. The fourth-order valence-corrected chi connectivity index (χ4v) is 2.61. The summed E-state index contributed by atoms with van der Waals surface area (Å²) < 4.78 is 0. The lowest BCUT2D eigenvalue weighted by Gasteiger charge is -2.27. The van der Waals surface area contributed by atoms with Gasteiger partial charge in [0, 0.05) is 5.75 Å². The Morgan fingerprint density at radius 3 is 2.10 bits per heavy atom. The lowest BCUT2D eigenvalue weighted by molar-refractivity contribution is -0.142. The number of thiol groups is 1. The zero-order valence-corrected chi connectivity index (χ0v) is 18.2. The summed E-state index contributed by atoms with van der Waals surface area (Å²) in [6.07, 6.45) is 2.12. The number of carbonyl (C=O) groups excluding carboxylic acids is 3. The molecule has 5 unspecified atom stereocenters. The van der Waals surface area contributed by atoms with Crippen LogP contribution in [0.1, 0.15) is 46.5 Å². The third-order valence-electron chi connectivity index (χ3n) is 4.64. The SMILES string of the molecule is CCC(C)C(NC(=O)C(N)CS)C(=O)NC(CCCCN)C(=O)NC(C)C(=O)O. The van der Waals surface area contributed by atoms with E-state index in [-0.39, 0.29) is 11.7 Å². The molecule has 10 nitrogen and oxygen atoms in total. The van der Waals surface area contributed by atoms with E-state index in [0.717, 1.165) is 0 Å². The smallest absolute Gasteiger partial charge is 0.325 e. The number of nitrogens with two attached hydrogens (primary N) is 2. The highest BCUT2D eigenvalue weighted by molar-refractivity contribution is 7.80. The van der Waals surface area contributed by atoms with Gasteiger partial charge in [0.2, 0.25) is 17.7 Å². The summed E-state index contributed by atoms with van der Waals surface area (Å²) in [5.41, 5.74) is 11.2. The predicted molar refractivity (Wildman–Crippen MR) is 113 cm³/mol. The van der Waals surface area contributed by atoms with E-state index >= 15 is 0 Å². The molecule has 0 aromatic rings. The van der Waals surface area contributed by atoms with Crippen LogP contribution in [0.15, 0.2) is 0 Å². The third-order valence-corrected chi connectivity index (χ3v) is 5.03. The molecular formula is C18H35N5O5S. The van der Waals surface area contributed by atoms with Crippen LogP contribution in [-0.4, -0.2) is 65.3 Å². The van der Waals surface area contributed by atoms with E-state index in [4.69, 9.17) is 16.6 Å². The van der Waals surface area contributed by atoms with Gasteiger partial charge in [0.15, 0.2) is 0 Å². The minimum atomic E-state index is -1.18. The maximum Gasteiger partial charge on any atom is 0.325 e. The molecule has 0 fully saturated rings. The largest absolute Gasteiger partial charge is 0.480 e. The zero-order chi connectivity index (χ0) is 22.6. The molecule has 3 amide bonds. The molecule has 0 aliphatic rings. The van der Waals surface area contributed by atoms with Crippen LogP contribution in [-0.2, 0) is 19.2 Å². The van der Waals surface area contributed by atoms with Crippen LogP contribution in [0, 0.1) is 5.92 Å². The van der Waals surface area contributed by atoms with Crippen LogP contribution >= 0.6 is 12.6 Å². The molecule has 5 atom stereocenters. The molecule has 0 saturated carbocycles. The molecule has 168 valence electrons. The van der Waals surface area contributed by atoms with Gasteiger partial charge in [-0.15, -0.1) is 0 Å². The molecule has 0 bridgehead atoms. The Morgan fingerprint density at radius 1 is 1.00 bits per heavy atom. The Balaban J connectivity index is 5.33. The molecule has 0 spiro atoms. The normalized spacial score (nSPS) is 16.1. The molecule has 11 heteroatoms. The van der Waals surface area contributed by atoms with Crippen LogP contribution in [0.5, 0.6) is 0 Å². The topological polar surface area (TPSA) is 177 Å². The molecule has 8 N–H and O–H groups in total. The number of carboxylic acid groups (broad SMARTS) is 1. The van der Waals surface area contributed by atoms with Gasteiger partial charge in [-0.25, -0.2) is 0 Å². The van der Waals surface area contributed by atoms with Crippen molar-refractivity contribution >= 4 is 36.3 Å². The number of hydrogen-bond donors (Lipinski definition) is 7. The second-order valence-electron chi connectivity index (χ2n) is 7.08. The number of unbranched alkanes of at least 4 members (excludes halogenated alkanes) is 1. The summed E-state index contributed by atoms with van der Waals surface area (Å²) in [5, 5.41) is 16.6. The van der Waals surface area contributed by atoms with Gasteiger partial charge in [-0.05, 0) is 38.6 Å². The van der Waals surface area contributed by atoms with Gasteiger partial charge >= 0.3 is 5.97 Å². The fraction of sp³-hybridized carbons (Fsp3) is 0.778. The molecule has 0 radical (unpaired) electrons. The van der Waals surface area contributed by atoms with Crippen molar-refractivity contribution in [3.8, 4) is 0 Å². The number of nitrogens with one attached hydrogen (secondary N) is 3. The van der Waals surface area contributed by atoms with Gasteiger partial charge in [0.25, 0.3) is 0 Å². The summed E-state index contributed by atoms with van der Waals surface area (Å²) in [7, 11) is 0. The number of hydrogen-bond acceptors (Lipinski definition) is 7. The summed E-state index contributed by atoms with van der Waals surface area (Å²) >= 11 is 3.98. The van der Waals surface area contributed by atoms with Crippen LogP contribution in [0.4, 0.5) is 0 Å². The minimum absolute atomic E-state index is 0.123. The van der Waals surface area contributed by atoms with Crippen molar-refractivity contribution in [2.75, 3.05) is 12.3 Å². The summed E-state index contributed by atoms with van der Waals surface area (Å²) in [6, 6.07) is -3.80. The summed E-state index contributed by atoms with van der Waals surface area (Å²) in [4.78, 5) is 48.5. The van der Waals surface area contributed by atoms with Crippen LogP contribution in [0.25, 0.3) is 0 Å². The highest BCUT2D eigenvalue weighted by atomic mass is 32.1. The van der Waals surface area contributed by atoms with E-state index in [9.17, 15) is 19.2 Å². The molecule has 0 saturated heterocycles. The molecule has 0 heterocycles. The van der Waals surface area contributed by atoms with E-state index in [1.165, 1.54) is 6.92 Å².